The Morgan fingerprint density at radius 2 is 2.06 bits per heavy atom. The van der Waals surface area contributed by atoms with Gasteiger partial charge in [-0.1, -0.05) is 12.1 Å². The minimum atomic E-state index is -0.533. The van der Waals surface area contributed by atoms with Crippen LogP contribution in [0, 0.1) is 11.3 Å². The first-order valence-electron chi connectivity index (χ1n) is 10.3. The van der Waals surface area contributed by atoms with Crippen molar-refractivity contribution in [3.8, 4) is 23.1 Å². The summed E-state index contributed by atoms with van der Waals surface area (Å²) in [4.78, 5) is 12.0. The fourth-order valence-electron chi connectivity index (χ4n) is 3.53. The number of alkyl halides is 1. The number of benzene rings is 2. The molecule has 1 heterocycles. The molecular weight excluding hydrogens is 414 g/mol. The molecule has 0 aliphatic carbocycles. The number of anilines is 1. The summed E-state index contributed by atoms with van der Waals surface area (Å²) in [6.07, 6.45) is 0.123. The van der Waals surface area contributed by atoms with Crippen molar-refractivity contribution in [2.45, 2.75) is 39.8 Å². The van der Waals surface area contributed by atoms with Crippen LogP contribution in [-0.2, 0) is 11.3 Å². The number of aryl methyl sites for hydroxylation is 1. The van der Waals surface area contributed by atoms with Gasteiger partial charge in [-0.05, 0) is 51.5 Å². The molecule has 0 unspecified atom stereocenters. The van der Waals surface area contributed by atoms with Gasteiger partial charge in [0.25, 0.3) is 0 Å². The van der Waals surface area contributed by atoms with Crippen LogP contribution in [0.4, 0.5) is 10.5 Å². The first-order chi connectivity index (χ1) is 15.0. The van der Waals surface area contributed by atoms with E-state index in [0.29, 0.717) is 30.1 Å². The second-order valence-corrected chi connectivity index (χ2v) is 7.69. The molecule has 0 aliphatic heterocycles. The maximum atomic E-state index is 12.0. The summed E-state index contributed by atoms with van der Waals surface area (Å²) in [6.45, 7) is 6.94. The van der Waals surface area contributed by atoms with Gasteiger partial charge in [-0.2, -0.15) is 5.26 Å². The quantitative estimate of drug-likeness (QED) is 0.336. The molecule has 6 nitrogen and oxygen atoms in total. The summed E-state index contributed by atoms with van der Waals surface area (Å²) in [5, 5.41) is 13.5. The van der Waals surface area contributed by atoms with Crippen LogP contribution in [0.25, 0.3) is 22.2 Å². The van der Waals surface area contributed by atoms with E-state index in [-0.39, 0.29) is 12.7 Å². The van der Waals surface area contributed by atoms with Crippen molar-refractivity contribution >= 4 is 34.3 Å². The van der Waals surface area contributed by atoms with E-state index in [4.69, 9.17) is 21.1 Å². The predicted molar refractivity (Wildman–Crippen MR) is 124 cm³/mol. The van der Waals surface area contributed by atoms with Crippen LogP contribution >= 0.6 is 11.6 Å². The van der Waals surface area contributed by atoms with Gasteiger partial charge in [0, 0.05) is 35.1 Å². The highest BCUT2D eigenvalue weighted by atomic mass is 35.5. The molecule has 1 amide bonds. The first kappa shape index (κ1) is 22.5. The van der Waals surface area contributed by atoms with Gasteiger partial charge in [0.1, 0.15) is 11.8 Å². The number of hydrogen-bond acceptors (Lipinski definition) is 4. The summed E-state index contributed by atoms with van der Waals surface area (Å²) < 4.78 is 13.1. The third-order valence-corrected chi connectivity index (χ3v) is 5.00. The number of rotatable bonds is 8. The lowest BCUT2D eigenvalue weighted by Gasteiger charge is -2.12. The van der Waals surface area contributed by atoms with E-state index >= 15 is 0 Å². The molecule has 0 saturated carbocycles. The van der Waals surface area contributed by atoms with Crippen molar-refractivity contribution in [3.05, 3.63) is 48.0 Å². The molecule has 0 bridgehead atoms. The van der Waals surface area contributed by atoms with Crippen LogP contribution in [0.15, 0.2) is 42.5 Å². The normalized spacial score (nSPS) is 10.8. The van der Waals surface area contributed by atoms with Crippen molar-refractivity contribution < 1.29 is 14.3 Å². The minimum absolute atomic E-state index is 0.0596. The molecule has 3 rings (SSSR count). The zero-order chi connectivity index (χ0) is 22.4. The van der Waals surface area contributed by atoms with Crippen molar-refractivity contribution in [1.82, 2.24) is 4.57 Å². The van der Waals surface area contributed by atoms with Gasteiger partial charge in [-0.3, -0.25) is 5.32 Å². The number of carbonyl (C=O) groups is 1. The molecule has 0 radical (unpaired) electrons. The number of halogens is 1. The van der Waals surface area contributed by atoms with Gasteiger partial charge in [0.15, 0.2) is 0 Å². The second kappa shape index (κ2) is 10.2. The fourth-order valence-corrected chi connectivity index (χ4v) is 3.64. The molecule has 0 spiro atoms. The first-order valence-corrected chi connectivity index (χ1v) is 10.8. The number of nitriles is 1. The summed E-state index contributed by atoms with van der Waals surface area (Å²) in [7, 11) is 0. The zero-order valence-electron chi connectivity index (χ0n) is 17.9. The number of ether oxygens (including phenoxy) is 2. The van der Waals surface area contributed by atoms with E-state index in [1.165, 1.54) is 0 Å². The monoisotopic (exact) mass is 439 g/mol. The van der Waals surface area contributed by atoms with E-state index < -0.39 is 6.09 Å². The summed E-state index contributed by atoms with van der Waals surface area (Å²) >= 11 is 5.61. The molecular formula is C24H26ClN3O3. The molecule has 0 aliphatic rings. The van der Waals surface area contributed by atoms with Crippen LogP contribution in [0.3, 0.4) is 0 Å². The van der Waals surface area contributed by atoms with Gasteiger partial charge in [0.2, 0.25) is 0 Å². The van der Waals surface area contributed by atoms with Crippen LogP contribution in [0.5, 0.6) is 5.75 Å². The molecule has 31 heavy (non-hydrogen) atoms. The van der Waals surface area contributed by atoms with Crippen molar-refractivity contribution in [1.29, 1.82) is 5.26 Å². The lowest BCUT2D eigenvalue weighted by Crippen LogP contribution is -2.14. The van der Waals surface area contributed by atoms with Crippen molar-refractivity contribution in [3.63, 3.8) is 0 Å². The molecule has 2 aromatic carbocycles. The Bertz CT molecular complexity index is 1120. The molecule has 0 fully saturated rings. The average molecular weight is 440 g/mol. The number of fused-ring (bicyclic) bond motifs is 1. The Morgan fingerprint density at radius 1 is 1.26 bits per heavy atom. The summed E-state index contributed by atoms with van der Waals surface area (Å²) in [5.41, 5.74) is 3.76. The highest BCUT2D eigenvalue weighted by molar-refractivity contribution is 6.17. The molecule has 3 aromatic rings. The van der Waals surface area contributed by atoms with E-state index in [1.54, 1.807) is 6.07 Å². The molecule has 162 valence electrons. The van der Waals surface area contributed by atoms with E-state index in [9.17, 15) is 10.1 Å². The van der Waals surface area contributed by atoms with Crippen molar-refractivity contribution in [2.24, 2.45) is 0 Å². The zero-order valence-corrected chi connectivity index (χ0v) is 18.7. The van der Waals surface area contributed by atoms with E-state index in [2.05, 4.69) is 16.0 Å². The Balaban J connectivity index is 2.02. The Labute approximate surface area is 187 Å². The van der Waals surface area contributed by atoms with E-state index in [1.807, 2.05) is 57.2 Å². The Kier molecular flexibility index (Phi) is 7.43. The van der Waals surface area contributed by atoms with Crippen LogP contribution in [0.2, 0.25) is 0 Å². The summed E-state index contributed by atoms with van der Waals surface area (Å²) in [6, 6.07) is 15.5. The number of aromatic nitrogens is 1. The average Bonchev–Trinajstić information content (AvgIpc) is 3.06. The topological polar surface area (TPSA) is 76.3 Å². The molecule has 1 aromatic heterocycles. The molecule has 7 heteroatoms. The van der Waals surface area contributed by atoms with Gasteiger partial charge >= 0.3 is 6.09 Å². The molecule has 0 atom stereocenters. The maximum absolute atomic E-state index is 12.0. The number of nitrogens with zero attached hydrogens (tertiary/aromatic N) is 2. The standard InChI is InChI=1S/C24H26ClN3O3/c1-4-28-22-14-19(31-16(2)3)9-10-20(22)21(15-26)23(28)17-7-5-8-18(13-17)27-24(29)30-12-6-11-25/h5,7-10,13-14,16H,4,6,11-12H2,1-3H3,(H,27,29). The lowest BCUT2D eigenvalue weighted by molar-refractivity contribution is 0.162. The lowest BCUT2D eigenvalue weighted by atomic mass is 10.1. The van der Waals surface area contributed by atoms with Crippen LogP contribution in [0.1, 0.15) is 32.8 Å². The Morgan fingerprint density at radius 3 is 2.74 bits per heavy atom. The highest BCUT2D eigenvalue weighted by Gasteiger charge is 2.19. The largest absolute Gasteiger partial charge is 0.491 e. The van der Waals surface area contributed by atoms with Crippen molar-refractivity contribution in [2.75, 3.05) is 17.8 Å². The molecule has 1 N–H and O–H groups in total. The van der Waals surface area contributed by atoms with Gasteiger partial charge < -0.3 is 14.0 Å². The number of hydrogen-bond donors (Lipinski definition) is 1. The van der Waals surface area contributed by atoms with Gasteiger partial charge in [-0.15, -0.1) is 11.6 Å². The molecule has 0 saturated heterocycles. The van der Waals surface area contributed by atoms with Crippen LogP contribution in [-0.4, -0.2) is 29.3 Å². The van der Waals surface area contributed by atoms with E-state index in [0.717, 1.165) is 27.9 Å². The SMILES string of the molecule is CCn1c(-c2cccc(NC(=O)OCCCCl)c2)c(C#N)c2ccc(OC(C)C)cc21. The number of amides is 1. The summed E-state index contributed by atoms with van der Waals surface area (Å²) in [5.74, 6) is 1.20. The fraction of sp³-hybridized carbons (Fsp3) is 0.333. The van der Waals surface area contributed by atoms with Crippen LogP contribution < -0.4 is 10.1 Å². The number of carbonyl (C=O) groups excluding carboxylic acids is 1. The predicted octanol–water partition coefficient (Wildman–Crippen LogP) is 6.16. The third-order valence-electron chi connectivity index (χ3n) is 4.73. The van der Waals surface area contributed by atoms with Gasteiger partial charge in [-0.25, -0.2) is 4.79 Å². The maximum Gasteiger partial charge on any atom is 0.411 e. The Hall–Kier alpha value is -3.17. The minimum Gasteiger partial charge on any atom is -0.491 e. The smallest absolute Gasteiger partial charge is 0.411 e. The third kappa shape index (κ3) is 5.12. The van der Waals surface area contributed by atoms with Gasteiger partial charge in [0.05, 0.1) is 29.5 Å². The number of nitrogens with one attached hydrogen (secondary N) is 1. The second-order valence-electron chi connectivity index (χ2n) is 7.31. The highest BCUT2D eigenvalue weighted by Crippen LogP contribution is 2.36.